The maximum Gasteiger partial charge on any atom is 0.0622 e. The smallest absolute Gasteiger partial charge is 0.0622 e. The molecule has 1 aliphatic heterocycles. The van der Waals surface area contributed by atoms with Crippen molar-refractivity contribution in [2.75, 3.05) is 13.2 Å². The molecule has 3 nitrogen and oxygen atoms in total. The first-order chi connectivity index (χ1) is 6.84. The third kappa shape index (κ3) is 2.94. The van der Waals surface area contributed by atoms with E-state index in [1.54, 1.807) is 0 Å². The van der Waals surface area contributed by atoms with Crippen molar-refractivity contribution in [1.29, 1.82) is 0 Å². The van der Waals surface area contributed by atoms with Crippen LogP contribution in [-0.4, -0.2) is 31.5 Å². The zero-order valence-electron chi connectivity index (χ0n) is 8.78. The molecule has 2 rings (SSSR count). The number of ether oxygens (including phenoxy) is 2. The van der Waals surface area contributed by atoms with Gasteiger partial charge in [-0.15, -0.1) is 0 Å². The third-order valence-corrected chi connectivity index (χ3v) is 3.27. The van der Waals surface area contributed by atoms with Crippen LogP contribution < -0.4 is 5.73 Å². The quantitative estimate of drug-likeness (QED) is 0.732. The normalized spacial score (nSPS) is 35.8. The first-order valence-electron chi connectivity index (χ1n) is 5.83. The molecule has 1 heterocycles. The van der Waals surface area contributed by atoms with Crippen LogP contribution in [0.1, 0.15) is 38.5 Å². The van der Waals surface area contributed by atoms with Gasteiger partial charge in [0.25, 0.3) is 0 Å². The highest BCUT2D eigenvalue weighted by atomic mass is 16.5. The lowest BCUT2D eigenvalue weighted by atomic mass is 9.93. The Morgan fingerprint density at radius 3 is 2.07 bits per heavy atom. The molecule has 1 saturated heterocycles. The van der Waals surface area contributed by atoms with Gasteiger partial charge in [-0.1, -0.05) is 0 Å². The van der Waals surface area contributed by atoms with Crippen LogP contribution in [0.25, 0.3) is 0 Å². The highest BCUT2D eigenvalue weighted by molar-refractivity contribution is 4.76. The first-order valence-corrected chi connectivity index (χ1v) is 5.83. The summed E-state index contributed by atoms with van der Waals surface area (Å²) in [5, 5.41) is 0. The summed E-state index contributed by atoms with van der Waals surface area (Å²) >= 11 is 0. The van der Waals surface area contributed by atoms with Crippen LogP contribution in [0.4, 0.5) is 0 Å². The van der Waals surface area contributed by atoms with Gasteiger partial charge >= 0.3 is 0 Å². The van der Waals surface area contributed by atoms with E-state index < -0.39 is 0 Å². The molecule has 0 radical (unpaired) electrons. The van der Waals surface area contributed by atoms with Gasteiger partial charge in [0.2, 0.25) is 0 Å². The molecule has 2 fully saturated rings. The minimum Gasteiger partial charge on any atom is -0.381 e. The van der Waals surface area contributed by atoms with Crippen molar-refractivity contribution in [3.05, 3.63) is 0 Å². The molecule has 0 unspecified atom stereocenters. The van der Waals surface area contributed by atoms with E-state index in [0.29, 0.717) is 18.2 Å². The molecule has 0 aromatic rings. The molecule has 0 amide bonds. The molecule has 1 aliphatic carbocycles. The van der Waals surface area contributed by atoms with E-state index in [1.807, 2.05) is 0 Å². The second kappa shape index (κ2) is 5.10. The zero-order chi connectivity index (χ0) is 9.80. The lowest BCUT2D eigenvalue weighted by molar-refractivity contribution is -0.0791. The molecule has 14 heavy (non-hydrogen) atoms. The van der Waals surface area contributed by atoms with Crippen molar-refractivity contribution < 1.29 is 9.47 Å². The molecular weight excluding hydrogens is 178 g/mol. The molecule has 0 aromatic heterocycles. The van der Waals surface area contributed by atoms with E-state index in [-0.39, 0.29) is 0 Å². The van der Waals surface area contributed by atoms with Gasteiger partial charge in [0.05, 0.1) is 12.2 Å². The molecule has 3 heteroatoms. The van der Waals surface area contributed by atoms with E-state index in [4.69, 9.17) is 15.2 Å². The maximum atomic E-state index is 6.04. The van der Waals surface area contributed by atoms with Gasteiger partial charge in [-0.25, -0.2) is 0 Å². The number of hydrogen-bond acceptors (Lipinski definition) is 3. The Labute approximate surface area is 85.9 Å². The molecule has 1 saturated carbocycles. The minimum absolute atomic E-state index is 0.421. The fourth-order valence-corrected chi connectivity index (χ4v) is 2.31. The average Bonchev–Trinajstić information content (AvgIpc) is 2.23. The van der Waals surface area contributed by atoms with Gasteiger partial charge in [-0.3, -0.25) is 0 Å². The van der Waals surface area contributed by atoms with E-state index in [9.17, 15) is 0 Å². The molecule has 0 aromatic carbocycles. The minimum atomic E-state index is 0.421. The fourth-order valence-electron chi connectivity index (χ4n) is 2.31. The lowest BCUT2D eigenvalue weighted by Gasteiger charge is -2.31. The summed E-state index contributed by atoms with van der Waals surface area (Å²) in [6.07, 6.45) is 7.63. The highest BCUT2D eigenvalue weighted by Gasteiger charge is 2.23. The van der Waals surface area contributed by atoms with Gasteiger partial charge in [0, 0.05) is 19.3 Å². The molecule has 2 aliphatic rings. The topological polar surface area (TPSA) is 44.5 Å². The second-order valence-corrected chi connectivity index (χ2v) is 4.48. The first kappa shape index (κ1) is 10.4. The van der Waals surface area contributed by atoms with E-state index >= 15 is 0 Å². The Morgan fingerprint density at radius 1 is 0.857 bits per heavy atom. The maximum absolute atomic E-state index is 6.04. The second-order valence-electron chi connectivity index (χ2n) is 4.48. The monoisotopic (exact) mass is 199 g/mol. The number of rotatable bonds is 2. The van der Waals surface area contributed by atoms with Crippen molar-refractivity contribution in [3.63, 3.8) is 0 Å². The van der Waals surface area contributed by atoms with Gasteiger partial charge in [-0.05, 0) is 38.5 Å². The summed E-state index contributed by atoms with van der Waals surface area (Å²) in [5.41, 5.74) is 5.85. The van der Waals surface area contributed by atoms with Crippen molar-refractivity contribution in [2.45, 2.75) is 56.8 Å². The van der Waals surface area contributed by atoms with Crippen molar-refractivity contribution in [2.24, 2.45) is 5.73 Å². The van der Waals surface area contributed by atoms with Crippen LogP contribution in [0, 0.1) is 0 Å². The van der Waals surface area contributed by atoms with Crippen LogP contribution in [-0.2, 0) is 9.47 Å². The lowest BCUT2D eigenvalue weighted by Crippen LogP contribution is -2.34. The van der Waals surface area contributed by atoms with Crippen LogP contribution in [0.3, 0.4) is 0 Å². The van der Waals surface area contributed by atoms with Gasteiger partial charge < -0.3 is 15.2 Å². The van der Waals surface area contributed by atoms with Crippen molar-refractivity contribution >= 4 is 0 Å². The molecular formula is C11H21NO2. The molecule has 82 valence electrons. The third-order valence-electron chi connectivity index (χ3n) is 3.27. The molecule has 2 N–H and O–H groups in total. The predicted octanol–water partition coefficient (Wildman–Crippen LogP) is 1.45. The number of hydrogen-bond donors (Lipinski definition) is 1. The Morgan fingerprint density at radius 2 is 1.43 bits per heavy atom. The van der Waals surface area contributed by atoms with Gasteiger partial charge in [0.1, 0.15) is 0 Å². The van der Waals surface area contributed by atoms with Crippen LogP contribution in [0.5, 0.6) is 0 Å². The Kier molecular flexibility index (Phi) is 3.79. The average molecular weight is 199 g/mol. The molecule has 0 bridgehead atoms. The molecule has 0 spiro atoms. The summed E-state index contributed by atoms with van der Waals surface area (Å²) < 4.78 is 11.4. The Bertz CT molecular complexity index is 161. The van der Waals surface area contributed by atoms with Crippen LogP contribution in [0.2, 0.25) is 0 Å². The van der Waals surface area contributed by atoms with E-state index in [2.05, 4.69) is 0 Å². The van der Waals surface area contributed by atoms with Crippen LogP contribution >= 0.6 is 0 Å². The van der Waals surface area contributed by atoms with E-state index in [0.717, 1.165) is 51.7 Å². The van der Waals surface area contributed by atoms with E-state index in [1.165, 1.54) is 0 Å². The summed E-state index contributed by atoms with van der Waals surface area (Å²) in [7, 11) is 0. The predicted molar refractivity (Wildman–Crippen MR) is 55.2 cm³/mol. The van der Waals surface area contributed by atoms with Crippen molar-refractivity contribution in [1.82, 2.24) is 0 Å². The fraction of sp³-hybridized carbons (Fsp3) is 1.00. The summed E-state index contributed by atoms with van der Waals surface area (Å²) in [5.74, 6) is 0. The highest BCUT2D eigenvalue weighted by Crippen LogP contribution is 2.23. The number of nitrogens with two attached hydrogens (primary N) is 1. The summed E-state index contributed by atoms with van der Waals surface area (Å²) in [6, 6.07) is 0.421. The standard InChI is InChI=1S/C11H21NO2/c12-9-1-3-10(4-2-9)14-11-5-7-13-8-6-11/h9-11H,1-8,12H2. The zero-order valence-corrected chi connectivity index (χ0v) is 8.78. The summed E-state index contributed by atoms with van der Waals surface area (Å²) in [4.78, 5) is 0. The SMILES string of the molecule is NC1CCC(OC2CCOCC2)CC1. The van der Waals surface area contributed by atoms with Crippen molar-refractivity contribution in [3.8, 4) is 0 Å². The van der Waals surface area contributed by atoms with Gasteiger partial charge in [0.15, 0.2) is 0 Å². The largest absolute Gasteiger partial charge is 0.381 e. The Hall–Kier alpha value is -0.120. The van der Waals surface area contributed by atoms with Gasteiger partial charge in [-0.2, -0.15) is 0 Å². The molecule has 0 atom stereocenters. The van der Waals surface area contributed by atoms with Crippen LogP contribution in [0.15, 0.2) is 0 Å². The Balaban J connectivity index is 1.68. The summed E-state index contributed by atoms with van der Waals surface area (Å²) in [6.45, 7) is 1.74.